The van der Waals surface area contributed by atoms with E-state index in [0.717, 1.165) is 28.7 Å². The summed E-state index contributed by atoms with van der Waals surface area (Å²) in [5, 5.41) is 14.0. The lowest BCUT2D eigenvalue weighted by Gasteiger charge is -2.11. The molecule has 0 aliphatic carbocycles. The topological polar surface area (TPSA) is 68.0 Å². The molecule has 1 aromatic heterocycles. The van der Waals surface area contributed by atoms with Gasteiger partial charge in [-0.15, -0.1) is 11.8 Å². The van der Waals surface area contributed by atoms with Crippen molar-refractivity contribution in [3.63, 3.8) is 0 Å². The van der Waals surface area contributed by atoms with Gasteiger partial charge in [-0.05, 0) is 17.9 Å². The van der Waals surface area contributed by atoms with Crippen molar-refractivity contribution in [3.05, 3.63) is 35.4 Å². The summed E-state index contributed by atoms with van der Waals surface area (Å²) < 4.78 is 1.67. The lowest BCUT2D eigenvalue weighted by molar-refractivity contribution is 0.0693. The molecule has 0 atom stereocenters. The van der Waals surface area contributed by atoms with Crippen LogP contribution in [0.15, 0.2) is 23.1 Å². The second-order valence-corrected chi connectivity index (χ2v) is 5.76. The first kappa shape index (κ1) is 15.6. The van der Waals surface area contributed by atoms with Gasteiger partial charge in [0.05, 0.1) is 11.3 Å². The number of nitrogens with zero attached hydrogens (tertiary/aromatic N) is 3. The lowest BCUT2D eigenvalue weighted by atomic mass is 10.1. The Morgan fingerprint density at radius 3 is 2.62 bits per heavy atom. The maximum atomic E-state index is 11.7. The van der Waals surface area contributed by atoms with E-state index in [2.05, 4.69) is 10.1 Å². The van der Waals surface area contributed by atoms with Crippen molar-refractivity contribution in [3.8, 4) is 5.69 Å². The van der Waals surface area contributed by atoms with Gasteiger partial charge in [0.15, 0.2) is 5.82 Å². The maximum Gasteiger partial charge on any atom is 0.339 e. The third kappa shape index (κ3) is 3.10. The Balaban J connectivity index is 2.65. The number of aromatic carboxylic acids is 1. The number of aromatic nitrogens is 3. The molecule has 112 valence electrons. The lowest BCUT2D eigenvalue weighted by Crippen LogP contribution is -2.10. The summed E-state index contributed by atoms with van der Waals surface area (Å²) >= 11 is 1.52. The van der Waals surface area contributed by atoms with Crippen LogP contribution in [0.1, 0.15) is 42.8 Å². The fourth-order valence-corrected chi connectivity index (χ4v) is 2.97. The maximum absolute atomic E-state index is 11.7. The molecule has 0 fully saturated rings. The highest BCUT2D eigenvalue weighted by Gasteiger charge is 2.20. The van der Waals surface area contributed by atoms with Gasteiger partial charge in [0.25, 0.3) is 0 Å². The van der Waals surface area contributed by atoms with Crippen molar-refractivity contribution in [1.29, 1.82) is 0 Å². The van der Waals surface area contributed by atoms with Crippen molar-refractivity contribution in [2.24, 2.45) is 0 Å². The molecule has 1 heterocycles. The summed E-state index contributed by atoms with van der Waals surface area (Å²) in [5.41, 5.74) is 0.886. The molecule has 5 nitrogen and oxygen atoms in total. The third-order valence-corrected chi connectivity index (χ3v) is 4.04. The van der Waals surface area contributed by atoms with Crippen LogP contribution in [0.25, 0.3) is 5.69 Å². The molecular weight excluding hydrogens is 286 g/mol. The number of carboxylic acid groups (broad SMARTS) is 1. The fourth-order valence-electron chi connectivity index (χ4n) is 2.15. The molecular formula is C15H19N3O2S. The van der Waals surface area contributed by atoms with Gasteiger partial charge < -0.3 is 5.11 Å². The van der Waals surface area contributed by atoms with E-state index in [-0.39, 0.29) is 0 Å². The Morgan fingerprint density at radius 2 is 2.05 bits per heavy atom. The highest BCUT2D eigenvalue weighted by molar-refractivity contribution is 7.99. The van der Waals surface area contributed by atoms with E-state index in [1.165, 1.54) is 11.8 Å². The van der Waals surface area contributed by atoms with E-state index >= 15 is 0 Å². The molecule has 0 radical (unpaired) electrons. The second-order valence-electron chi connectivity index (χ2n) is 4.45. The second kappa shape index (κ2) is 6.76. The number of rotatable bonds is 6. The molecule has 0 aliphatic rings. The van der Waals surface area contributed by atoms with E-state index < -0.39 is 5.97 Å². The zero-order chi connectivity index (χ0) is 15.4. The first-order valence-electron chi connectivity index (χ1n) is 7.06. The minimum Gasteiger partial charge on any atom is -0.478 e. The van der Waals surface area contributed by atoms with Crippen LogP contribution >= 0.6 is 11.8 Å². The van der Waals surface area contributed by atoms with Gasteiger partial charge in [0.1, 0.15) is 5.82 Å². The predicted molar refractivity (Wildman–Crippen MR) is 83.5 cm³/mol. The largest absolute Gasteiger partial charge is 0.478 e. The molecule has 0 saturated carbocycles. The van der Waals surface area contributed by atoms with Crippen LogP contribution in [0, 0.1) is 0 Å². The first-order chi connectivity index (χ1) is 10.1. The van der Waals surface area contributed by atoms with Crippen LogP contribution in [0.2, 0.25) is 0 Å². The predicted octanol–water partition coefficient (Wildman–Crippen LogP) is 3.20. The number of hydrogen-bond acceptors (Lipinski definition) is 4. The third-order valence-electron chi connectivity index (χ3n) is 3.10. The quantitative estimate of drug-likeness (QED) is 0.830. The molecule has 0 bridgehead atoms. The molecule has 0 unspecified atom stereocenters. The van der Waals surface area contributed by atoms with E-state index in [0.29, 0.717) is 17.7 Å². The van der Waals surface area contributed by atoms with Crippen molar-refractivity contribution < 1.29 is 9.90 Å². The molecule has 0 saturated heterocycles. The molecule has 21 heavy (non-hydrogen) atoms. The number of carboxylic acids is 1. The Kier molecular flexibility index (Phi) is 5.01. The normalized spacial score (nSPS) is 10.8. The zero-order valence-electron chi connectivity index (χ0n) is 12.5. The molecule has 0 amide bonds. The molecule has 1 N–H and O–H groups in total. The minimum atomic E-state index is -0.933. The van der Waals surface area contributed by atoms with Gasteiger partial charge in [-0.2, -0.15) is 5.10 Å². The number of aryl methyl sites for hydroxylation is 2. The molecule has 0 spiro atoms. The summed E-state index contributed by atoms with van der Waals surface area (Å²) in [4.78, 5) is 16.9. The van der Waals surface area contributed by atoms with Gasteiger partial charge >= 0.3 is 5.97 Å². The zero-order valence-corrected chi connectivity index (χ0v) is 13.3. The number of carbonyl (C=O) groups is 1. The van der Waals surface area contributed by atoms with Crippen LogP contribution in [0.4, 0.5) is 0 Å². The Hall–Kier alpha value is -1.82. The van der Waals surface area contributed by atoms with Crippen LogP contribution in [-0.2, 0) is 12.8 Å². The van der Waals surface area contributed by atoms with E-state index in [4.69, 9.17) is 0 Å². The highest BCUT2D eigenvalue weighted by Crippen LogP contribution is 2.28. The van der Waals surface area contributed by atoms with E-state index in [9.17, 15) is 9.90 Å². The van der Waals surface area contributed by atoms with Gasteiger partial charge in [-0.3, -0.25) is 0 Å². The summed E-state index contributed by atoms with van der Waals surface area (Å²) in [6.07, 6.45) is 1.43. The van der Waals surface area contributed by atoms with Crippen molar-refractivity contribution in [1.82, 2.24) is 14.8 Å². The summed E-state index contributed by atoms with van der Waals surface area (Å²) in [7, 11) is 0. The van der Waals surface area contributed by atoms with Crippen molar-refractivity contribution >= 4 is 17.7 Å². The average molecular weight is 305 g/mol. The smallest absolute Gasteiger partial charge is 0.339 e. The van der Waals surface area contributed by atoms with Gasteiger partial charge in [-0.25, -0.2) is 14.5 Å². The minimum absolute atomic E-state index is 0.298. The van der Waals surface area contributed by atoms with Crippen LogP contribution in [0.3, 0.4) is 0 Å². The van der Waals surface area contributed by atoms with Crippen LogP contribution in [-0.4, -0.2) is 31.6 Å². The van der Waals surface area contributed by atoms with Crippen molar-refractivity contribution in [2.75, 3.05) is 5.75 Å². The fraction of sp³-hybridized carbons (Fsp3) is 0.400. The Labute approximate surface area is 128 Å². The SMILES string of the molecule is CCSc1cccc(-n2nc(CC)nc2CC)c1C(=O)O. The monoisotopic (exact) mass is 305 g/mol. The summed E-state index contributed by atoms with van der Waals surface area (Å²) in [5.74, 6) is 1.41. The number of hydrogen-bond donors (Lipinski definition) is 1. The van der Waals surface area contributed by atoms with Crippen LogP contribution < -0.4 is 0 Å². The molecule has 2 aromatic rings. The van der Waals surface area contributed by atoms with Gasteiger partial charge in [-0.1, -0.05) is 26.8 Å². The summed E-state index contributed by atoms with van der Waals surface area (Å²) in [6.45, 7) is 5.98. The molecule has 6 heteroatoms. The average Bonchev–Trinajstić information content (AvgIpc) is 2.90. The van der Waals surface area contributed by atoms with Crippen LogP contribution in [0.5, 0.6) is 0 Å². The molecule has 2 rings (SSSR count). The van der Waals surface area contributed by atoms with Crippen molar-refractivity contribution in [2.45, 2.75) is 38.5 Å². The van der Waals surface area contributed by atoms with Gasteiger partial charge in [0, 0.05) is 17.7 Å². The van der Waals surface area contributed by atoms with E-state index in [1.807, 2.05) is 32.9 Å². The van der Waals surface area contributed by atoms with E-state index in [1.54, 1.807) is 10.7 Å². The summed E-state index contributed by atoms with van der Waals surface area (Å²) in [6, 6.07) is 5.49. The number of benzene rings is 1. The Morgan fingerprint density at radius 1 is 1.29 bits per heavy atom. The Bertz CT molecular complexity index is 652. The highest BCUT2D eigenvalue weighted by atomic mass is 32.2. The first-order valence-corrected chi connectivity index (χ1v) is 8.05. The molecule has 0 aliphatic heterocycles. The number of thioether (sulfide) groups is 1. The van der Waals surface area contributed by atoms with Gasteiger partial charge in [0.2, 0.25) is 0 Å². The standard InChI is InChI=1S/C15H19N3O2S/c1-4-12-16-13(5-2)18(17-12)10-8-7-9-11(21-6-3)14(10)15(19)20/h7-9H,4-6H2,1-3H3,(H,19,20). The molecule has 1 aromatic carbocycles.